The van der Waals surface area contributed by atoms with Gasteiger partial charge in [-0.3, -0.25) is 0 Å². The van der Waals surface area contributed by atoms with Crippen molar-refractivity contribution in [3.8, 4) is 16.9 Å². The van der Waals surface area contributed by atoms with Gasteiger partial charge in [-0.1, -0.05) is 63.0 Å². The van der Waals surface area contributed by atoms with Gasteiger partial charge in [-0.2, -0.15) is 0 Å². The van der Waals surface area contributed by atoms with E-state index in [0.29, 0.717) is 23.3 Å². The molecule has 2 aromatic carbocycles. The summed E-state index contributed by atoms with van der Waals surface area (Å²) in [6, 6.07) is 11.6. The maximum absolute atomic E-state index is 6.10. The molecule has 0 atom stereocenters. The highest BCUT2D eigenvalue weighted by atomic mass is 35.5. The first kappa shape index (κ1) is 22.8. The smallest absolute Gasteiger partial charge is 0.120 e. The van der Waals surface area contributed by atoms with Crippen LogP contribution in [0.4, 0.5) is 0 Å². The largest absolute Gasteiger partial charge is 0.491 e. The average molecular weight is 371 g/mol. The number of hydrogen-bond donors (Lipinski definition) is 0. The second-order valence-electron chi connectivity index (χ2n) is 4.45. The zero-order valence-electron chi connectivity index (χ0n) is 15.5. The van der Waals surface area contributed by atoms with Gasteiger partial charge in [-0.15, -0.1) is 0 Å². The van der Waals surface area contributed by atoms with Crippen molar-refractivity contribution < 1.29 is 9.47 Å². The van der Waals surface area contributed by atoms with Crippen molar-refractivity contribution in [3.05, 3.63) is 52.0 Å². The minimum absolute atomic E-state index is 0.528. The van der Waals surface area contributed by atoms with Crippen LogP contribution in [0.2, 0.25) is 10.0 Å². The van der Waals surface area contributed by atoms with Crippen LogP contribution in [0.5, 0.6) is 5.75 Å². The van der Waals surface area contributed by atoms with Crippen molar-refractivity contribution >= 4 is 23.2 Å². The van der Waals surface area contributed by atoms with Crippen LogP contribution < -0.4 is 4.74 Å². The summed E-state index contributed by atoms with van der Waals surface area (Å²) in [5.41, 5.74) is 3.18. The van der Waals surface area contributed by atoms with Crippen LogP contribution in [0, 0.1) is 6.92 Å². The van der Waals surface area contributed by atoms with Crippen LogP contribution in [0.25, 0.3) is 11.1 Å². The molecule has 0 aliphatic rings. The summed E-state index contributed by atoms with van der Waals surface area (Å²) in [4.78, 5) is 0. The zero-order valence-corrected chi connectivity index (χ0v) is 17.0. The highest BCUT2D eigenvalue weighted by Crippen LogP contribution is 2.33. The third-order valence-electron chi connectivity index (χ3n) is 2.97. The molecule has 0 saturated heterocycles. The van der Waals surface area contributed by atoms with Gasteiger partial charge >= 0.3 is 0 Å². The molecular formula is C20H28Cl2O2. The number of benzene rings is 2. The standard InChI is InChI=1S/C16H16Cl2O2.2C2H6/c1-11-8-15(17)16(18)10-14(11)12-4-3-5-13(9-12)20-7-6-19-2;2*1-2/h3-5,8-10H,6-7H2,1-2H3;2*1-2H3. The number of hydrogen-bond acceptors (Lipinski definition) is 2. The quantitative estimate of drug-likeness (QED) is 0.525. The van der Waals surface area contributed by atoms with Crippen molar-refractivity contribution in [1.82, 2.24) is 0 Å². The van der Waals surface area contributed by atoms with Gasteiger partial charge in [0, 0.05) is 7.11 Å². The van der Waals surface area contributed by atoms with Crippen molar-refractivity contribution in [2.45, 2.75) is 34.6 Å². The van der Waals surface area contributed by atoms with E-state index in [1.165, 1.54) is 0 Å². The van der Waals surface area contributed by atoms with Crippen molar-refractivity contribution in [3.63, 3.8) is 0 Å². The average Bonchev–Trinajstić information content (AvgIpc) is 2.62. The SMILES string of the molecule is CC.CC.COCCOc1cccc(-c2cc(Cl)c(Cl)cc2C)c1. The zero-order chi connectivity index (χ0) is 18.5. The summed E-state index contributed by atoms with van der Waals surface area (Å²) in [7, 11) is 1.65. The lowest BCUT2D eigenvalue weighted by Gasteiger charge is -2.11. The number of rotatable bonds is 5. The lowest BCUT2D eigenvalue weighted by atomic mass is 10.0. The Labute approximate surface area is 156 Å². The summed E-state index contributed by atoms with van der Waals surface area (Å²) >= 11 is 12.1. The van der Waals surface area contributed by atoms with Gasteiger partial charge in [-0.05, 0) is 47.9 Å². The molecule has 0 radical (unpaired) electrons. The Balaban J connectivity index is 0.00000123. The lowest BCUT2D eigenvalue weighted by molar-refractivity contribution is 0.146. The summed E-state index contributed by atoms with van der Waals surface area (Å²) in [5, 5.41) is 1.12. The normalized spacial score (nSPS) is 9.33. The molecule has 0 spiro atoms. The minimum Gasteiger partial charge on any atom is -0.491 e. The van der Waals surface area contributed by atoms with Crippen molar-refractivity contribution in [2.75, 3.05) is 20.3 Å². The maximum Gasteiger partial charge on any atom is 0.120 e. The molecule has 0 aromatic heterocycles. The Morgan fingerprint density at radius 1 is 0.875 bits per heavy atom. The minimum atomic E-state index is 0.528. The van der Waals surface area contributed by atoms with Crippen molar-refractivity contribution in [2.24, 2.45) is 0 Å². The van der Waals surface area contributed by atoms with Crippen LogP contribution >= 0.6 is 23.2 Å². The van der Waals surface area contributed by atoms with E-state index >= 15 is 0 Å². The molecule has 134 valence electrons. The Kier molecular flexibility index (Phi) is 12.4. The Morgan fingerprint density at radius 2 is 1.50 bits per heavy atom. The molecule has 0 saturated carbocycles. The van der Waals surface area contributed by atoms with Crippen molar-refractivity contribution in [1.29, 1.82) is 0 Å². The second-order valence-corrected chi connectivity index (χ2v) is 5.26. The third kappa shape index (κ3) is 7.12. The molecule has 0 aliphatic heterocycles. The van der Waals surface area contributed by atoms with Gasteiger partial charge in [0.2, 0.25) is 0 Å². The van der Waals surface area contributed by atoms with Crippen LogP contribution in [0.3, 0.4) is 0 Å². The summed E-state index contributed by atoms with van der Waals surface area (Å²) in [6.45, 7) is 11.1. The first-order chi connectivity index (χ1) is 11.6. The number of methoxy groups -OCH3 is 1. The van der Waals surface area contributed by atoms with E-state index in [-0.39, 0.29) is 0 Å². The Hall–Kier alpha value is -1.22. The number of aryl methyl sites for hydroxylation is 1. The van der Waals surface area contributed by atoms with E-state index in [1.807, 2.05) is 71.0 Å². The van der Waals surface area contributed by atoms with Crippen LogP contribution in [-0.4, -0.2) is 20.3 Å². The first-order valence-electron chi connectivity index (χ1n) is 8.29. The molecule has 24 heavy (non-hydrogen) atoms. The highest BCUT2D eigenvalue weighted by molar-refractivity contribution is 6.42. The van der Waals surface area contributed by atoms with E-state index in [0.717, 1.165) is 22.4 Å². The molecule has 0 fully saturated rings. The molecule has 0 amide bonds. The second kappa shape index (κ2) is 13.1. The van der Waals surface area contributed by atoms with Gasteiger partial charge in [-0.25, -0.2) is 0 Å². The Morgan fingerprint density at radius 3 is 2.12 bits per heavy atom. The van der Waals surface area contributed by atoms with Gasteiger partial charge in [0.25, 0.3) is 0 Å². The molecule has 0 heterocycles. The van der Waals surface area contributed by atoms with E-state index in [9.17, 15) is 0 Å². The molecule has 2 rings (SSSR count). The molecule has 0 N–H and O–H groups in total. The van der Waals surface area contributed by atoms with Gasteiger partial charge < -0.3 is 9.47 Å². The third-order valence-corrected chi connectivity index (χ3v) is 3.69. The van der Waals surface area contributed by atoms with E-state index in [4.69, 9.17) is 32.7 Å². The van der Waals surface area contributed by atoms with Crippen LogP contribution in [0.1, 0.15) is 33.3 Å². The van der Waals surface area contributed by atoms with Gasteiger partial charge in [0.05, 0.1) is 16.7 Å². The maximum atomic E-state index is 6.10. The molecule has 2 nitrogen and oxygen atoms in total. The van der Waals surface area contributed by atoms with Gasteiger partial charge in [0.15, 0.2) is 0 Å². The molecule has 0 unspecified atom stereocenters. The van der Waals surface area contributed by atoms with E-state index in [2.05, 4.69) is 0 Å². The lowest BCUT2D eigenvalue weighted by Crippen LogP contribution is -2.04. The highest BCUT2D eigenvalue weighted by Gasteiger charge is 2.07. The molecule has 0 aliphatic carbocycles. The fourth-order valence-corrected chi connectivity index (χ4v) is 2.34. The van der Waals surface area contributed by atoms with E-state index in [1.54, 1.807) is 7.11 Å². The molecule has 4 heteroatoms. The molecule has 0 bridgehead atoms. The van der Waals surface area contributed by atoms with Crippen LogP contribution in [-0.2, 0) is 4.74 Å². The predicted octanol–water partition coefficient (Wildman–Crippen LogP) is 7.05. The Bertz CT molecular complexity index is 598. The monoisotopic (exact) mass is 370 g/mol. The summed E-state index contributed by atoms with van der Waals surface area (Å²) < 4.78 is 10.6. The molecule has 2 aromatic rings. The summed E-state index contributed by atoms with van der Waals surface area (Å²) in [5.74, 6) is 0.810. The number of ether oxygens (including phenoxy) is 2. The van der Waals surface area contributed by atoms with Gasteiger partial charge in [0.1, 0.15) is 12.4 Å². The molecular weight excluding hydrogens is 343 g/mol. The first-order valence-corrected chi connectivity index (χ1v) is 9.05. The predicted molar refractivity (Wildman–Crippen MR) is 107 cm³/mol. The van der Waals surface area contributed by atoms with E-state index < -0.39 is 0 Å². The number of halogens is 2. The fourth-order valence-electron chi connectivity index (χ4n) is 1.95. The van der Waals surface area contributed by atoms with Crippen LogP contribution in [0.15, 0.2) is 36.4 Å². The summed E-state index contributed by atoms with van der Waals surface area (Å²) in [6.07, 6.45) is 0. The fraction of sp³-hybridized carbons (Fsp3) is 0.400. The topological polar surface area (TPSA) is 18.5 Å².